The standard InChI is InChI=1S/C19H18Cl2N2O2/c1-2-12-22-19(25)14-6-3-4-9-17(14)23-18(24)11-10-13-15(20)7-5-8-16(13)21/h2-9H,1,10-12H2,(H,22,25)(H,23,24). The van der Waals surface area contributed by atoms with Crippen LogP contribution >= 0.6 is 23.2 Å². The third-order valence-corrected chi connectivity index (χ3v) is 4.22. The van der Waals surface area contributed by atoms with Crippen molar-refractivity contribution in [1.82, 2.24) is 5.32 Å². The lowest BCUT2D eigenvalue weighted by Crippen LogP contribution is -2.25. The lowest BCUT2D eigenvalue weighted by Gasteiger charge is -2.11. The van der Waals surface area contributed by atoms with Gasteiger partial charge >= 0.3 is 0 Å². The minimum absolute atomic E-state index is 0.200. The molecule has 0 spiro atoms. The monoisotopic (exact) mass is 376 g/mol. The Kier molecular flexibility index (Phi) is 7.04. The summed E-state index contributed by atoms with van der Waals surface area (Å²) in [5, 5.41) is 6.52. The fraction of sp³-hybridized carbons (Fsp3) is 0.158. The topological polar surface area (TPSA) is 58.2 Å². The Balaban J connectivity index is 2.03. The maximum atomic E-state index is 12.3. The largest absolute Gasteiger partial charge is 0.349 e. The minimum atomic E-state index is -0.273. The van der Waals surface area contributed by atoms with E-state index in [1.807, 2.05) is 0 Å². The molecule has 0 radical (unpaired) electrons. The third-order valence-electron chi connectivity index (χ3n) is 3.52. The Bertz CT molecular complexity index is 770. The van der Waals surface area contributed by atoms with Crippen molar-refractivity contribution in [3.05, 3.63) is 76.3 Å². The van der Waals surface area contributed by atoms with Crippen LogP contribution in [-0.4, -0.2) is 18.4 Å². The lowest BCUT2D eigenvalue weighted by atomic mass is 10.1. The van der Waals surface area contributed by atoms with Crippen LogP contribution in [0.4, 0.5) is 5.69 Å². The van der Waals surface area contributed by atoms with E-state index < -0.39 is 0 Å². The van der Waals surface area contributed by atoms with Gasteiger partial charge in [0.25, 0.3) is 5.91 Å². The molecule has 6 heteroatoms. The number of halogens is 2. The molecular weight excluding hydrogens is 359 g/mol. The maximum Gasteiger partial charge on any atom is 0.253 e. The number of benzene rings is 2. The molecule has 0 heterocycles. The molecule has 0 unspecified atom stereocenters. The SMILES string of the molecule is C=CCNC(=O)c1ccccc1NC(=O)CCc1c(Cl)cccc1Cl. The Morgan fingerprint density at radius 1 is 1.04 bits per heavy atom. The molecule has 0 aliphatic rings. The number of carbonyl (C=O) groups is 2. The van der Waals surface area contributed by atoms with Gasteiger partial charge in [0.05, 0.1) is 11.3 Å². The van der Waals surface area contributed by atoms with Crippen molar-refractivity contribution < 1.29 is 9.59 Å². The zero-order valence-electron chi connectivity index (χ0n) is 13.5. The van der Waals surface area contributed by atoms with Crippen LogP contribution < -0.4 is 10.6 Å². The fourth-order valence-electron chi connectivity index (χ4n) is 2.27. The Morgan fingerprint density at radius 2 is 1.72 bits per heavy atom. The molecule has 130 valence electrons. The summed E-state index contributed by atoms with van der Waals surface area (Å²) in [6.07, 6.45) is 2.20. The van der Waals surface area contributed by atoms with Gasteiger partial charge in [-0.3, -0.25) is 9.59 Å². The van der Waals surface area contributed by atoms with E-state index in [9.17, 15) is 9.59 Å². The highest BCUT2D eigenvalue weighted by atomic mass is 35.5. The van der Waals surface area contributed by atoms with Crippen molar-refractivity contribution in [1.29, 1.82) is 0 Å². The number of amides is 2. The molecule has 25 heavy (non-hydrogen) atoms. The molecule has 0 saturated heterocycles. The van der Waals surface area contributed by atoms with E-state index in [-0.39, 0.29) is 18.2 Å². The van der Waals surface area contributed by atoms with Gasteiger partial charge in [-0.25, -0.2) is 0 Å². The first-order valence-corrected chi connectivity index (χ1v) is 8.49. The number of nitrogens with one attached hydrogen (secondary N) is 2. The number of hydrogen-bond donors (Lipinski definition) is 2. The number of hydrogen-bond acceptors (Lipinski definition) is 2. The summed E-state index contributed by atoms with van der Waals surface area (Å²) in [6, 6.07) is 12.1. The van der Waals surface area contributed by atoms with Gasteiger partial charge in [0.15, 0.2) is 0 Å². The van der Waals surface area contributed by atoms with E-state index in [1.165, 1.54) is 0 Å². The molecule has 0 fully saturated rings. The van der Waals surface area contributed by atoms with Crippen molar-refractivity contribution >= 4 is 40.7 Å². The van der Waals surface area contributed by atoms with Crippen molar-refractivity contribution in [3.63, 3.8) is 0 Å². The van der Waals surface area contributed by atoms with Gasteiger partial charge < -0.3 is 10.6 Å². The van der Waals surface area contributed by atoms with Crippen LogP contribution in [0.3, 0.4) is 0 Å². The summed E-state index contributed by atoms with van der Waals surface area (Å²) >= 11 is 12.2. The van der Waals surface area contributed by atoms with Crippen molar-refractivity contribution in [2.45, 2.75) is 12.8 Å². The predicted octanol–water partition coefficient (Wildman–Crippen LogP) is 4.48. The molecule has 0 bridgehead atoms. The summed E-state index contributed by atoms with van der Waals surface area (Å²) in [5.41, 5.74) is 1.59. The van der Waals surface area contributed by atoms with Gasteiger partial charge in [0, 0.05) is 23.0 Å². The van der Waals surface area contributed by atoms with E-state index in [4.69, 9.17) is 23.2 Å². The quantitative estimate of drug-likeness (QED) is 0.699. The van der Waals surface area contributed by atoms with Gasteiger partial charge in [0.1, 0.15) is 0 Å². The van der Waals surface area contributed by atoms with Gasteiger partial charge in [-0.05, 0) is 36.2 Å². The van der Waals surface area contributed by atoms with Crippen LogP contribution in [0.15, 0.2) is 55.1 Å². The average Bonchev–Trinajstić information content (AvgIpc) is 2.59. The third kappa shape index (κ3) is 5.34. The molecule has 4 nitrogen and oxygen atoms in total. The number of para-hydroxylation sites is 1. The molecule has 2 N–H and O–H groups in total. The Labute approximate surface area is 156 Å². The van der Waals surface area contributed by atoms with Crippen LogP contribution in [0.2, 0.25) is 10.0 Å². The highest BCUT2D eigenvalue weighted by Gasteiger charge is 2.13. The minimum Gasteiger partial charge on any atom is -0.349 e. The van der Waals surface area contributed by atoms with Crippen molar-refractivity contribution in [3.8, 4) is 0 Å². The van der Waals surface area contributed by atoms with Crippen LogP contribution in [0.1, 0.15) is 22.3 Å². The molecule has 0 atom stereocenters. The van der Waals surface area contributed by atoms with Crippen LogP contribution in [0.25, 0.3) is 0 Å². The first-order chi connectivity index (χ1) is 12.0. The van der Waals surface area contributed by atoms with Crippen LogP contribution in [0, 0.1) is 0 Å². The summed E-state index contributed by atoms with van der Waals surface area (Å²) in [7, 11) is 0. The normalized spacial score (nSPS) is 10.2. The summed E-state index contributed by atoms with van der Waals surface area (Å²) in [6.45, 7) is 3.91. The second-order valence-electron chi connectivity index (χ2n) is 5.29. The number of rotatable bonds is 7. The van der Waals surface area contributed by atoms with Crippen molar-refractivity contribution in [2.75, 3.05) is 11.9 Å². The molecule has 2 aromatic carbocycles. The summed E-state index contributed by atoms with van der Waals surface area (Å²) in [4.78, 5) is 24.4. The van der Waals surface area contributed by atoms with Crippen LogP contribution in [0.5, 0.6) is 0 Å². The smallest absolute Gasteiger partial charge is 0.253 e. The lowest BCUT2D eigenvalue weighted by molar-refractivity contribution is -0.116. The fourth-order valence-corrected chi connectivity index (χ4v) is 2.86. The predicted molar refractivity (Wildman–Crippen MR) is 102 cm³/mol. The highest BCUT2D eigenvalue weighted by molar-refractivity contribution is 6.36. The van der Waals surface area contributed by atoms with Gasteiger partial charge in [-0.1, -0.05) is 47.5 Å². The zero-order chi connectivity index (χ0) is 18.2. The second kappa shape index (κ2) is 9.25. The average molecular weight is 377 g/mol. The molecule has 2 rings (SSSR count). The van der Waals surface area contributed by atoms with Gasteiger partial charge in [-0.2, -0.15) is 0 Å². The number of carbonyl (C=O) groups excluding carboxylic acids is 2. The molecule has 2 aromatic rings. The molecule has 0 aliphatic carbocycles. The van der Waals surface area contributed by atoms with E-state index in [2.05, 4.69) is 17.2 Å². The van der Waals surface area contributed by atoms with E-state index in [0.29, 0.717) is 34.3 Å². The highest BCUT2D eigenvalue weighted by Crippen LogP contribution is 2.25. The first-order valence-electron chi connectivity index (χ1n) is 7.73. The molecule has 0 aliphatic heterocycles. The van der Waals surface area contributed by atoms with Gasteiger partial charge in [0.2, 0.25) is 5.91 Å². The van der Waals surface area contributed by atoms with Gasteiger partial charge in [-0.15, -0.1) is 6.58 Å². The summed E-state index contributed by atoms with van der Waals surface area (Å²) in [5.74, 6) is -0.495. The molecule has 0 aromatic heterocycles. The van der Waals surface area contributed by atoms with Crippen LogP contribution in [-0.2, 0) is 11.2 Å². The molecular formula is C19H18Cl2N2O2. The Morgan fingerprint density at radius 3 is 2.40 bits per heavy atom. The first kappa shape index (κ1) is 19.0. The number of anilines is 1. The molecule has 0 saturated carbocycles. The maximum absolute atomic E-state index is 12.3. The van der Waals surface area contributed by atoms with E-state index >= 15 is 0 Å². The summed E-state index contributed by atoms with van der Waals surface area (Å²) < 4.78 is 0. The Hall–Kier alpha value is -2.30. The van der Waals surface area contributed by atoms with Crippen molar-refractivity contribution in [2.24, 2.45) is 0 Å². The second-order valence-corrected chi connectivity index (χ2v) is 6.11. The zero-order valence-corrected chi connectivity index (χ0v) is 15.0. The van der Waals surface area contributed by atoms with E-state index in [1.54, 1.807) is 48.5 Å². The molecule has 2 amide bonds. The van der Waals surface area contributed by atoms with E-state index in [0.717, 1.165) is 5.56 Å².